The quantitative estimate of drug-likeness (QED) is 0.638. The Morgan fingerprint density at radius 2 is 2.08 bits per heavy atom. The first-order chi connectivity index (χ1) is 11.4. The van der Waals surface area contributed by atoms with Gasteiger partial charge in [0.2, 0.25) is 0 Å². The molecule has 0 fully saturated rings. The lowest BCUT2D eigenvalue weighted by Gasteiger charge is -2.28. The van der Waals surface area contributed by atoms with E-state index in [1.807, 2.05) is 0 Å². The normalized spacial score (nSPS) is 23.2. The zero-order chi connectivity index (χ0) is 17.4. The van der Waals surface area contributed by atoms with Crippen LogP contribution in [-0.4, -0.2) is 28.9 Å². The second kappa shape index (κ2) is 6.66. The number of esters is 1. The molecule has 6 nitrogen and oxygen atoms in total. The molecule has 0 spiro atoms. The van der Waals surface area contributed by atoms with E-state index in [0.29, 0.717) is 15.7 Å². The second-order valence-electron chi connectivity index (χ2n) is 5.02. The highest BCUT2D eigenvalue weighted by Gasteiger charge is 2.48. The second-order valence-corrected chi connectivity index (χ2v) is 7.37. The number of halogens is 2. The first-order valence-corrected chi connectivity index (χ1v) is 8.79. The van der Waals surface area contributed by atoms with Crippen molar-refractivity contribution in [2.45, 2.75) is 11.6 Å². The first-order valence-electron chi connectivity index (χ1n) is 7.10. The van der Waals surface area contributed by atoms with Gasteiger partial charge in [-0.2, -0.15) is 10.1 Å². The molecule has 3 rings (SSSR count). The molecule has 2 heterocycles. The number of hydrogen-bond donors (Lipinski definition) is 1. The summed E-state index contributed by atoms with van der Waals surface area (Å²) < 4.78 is 4.47. The minimum atomic E-state index is -0.688. The van der Waals surface area contributed by atoms with Gasteiger partial charge in [-0.15, -0.1) is 11.6 Å². The summed E-state index contributed by atoms with van der Waals surface area (Å²) in [5, 5.41) is 6.14. The Balaban J connectivity index is 2.11. The summed E-state index contributed by atoms with van der Waals surface area (Å²) in [5.41, 5.74) is 6.75. The molecule has 1 aromatic carbocycles. The number of carbonyl (C=O) groups is 2. The number of carbonyl (C=O) groups excluding carboxylic acids is 2. The van der Waals surface area contributed by atoms with Crippen LogP contribution in [0.5, 0.6) is 0 Å². The van der Waals surface area contributed by atoms with Crippen molar-refractivity contribution in [3.8, 4) is 0 Å². The molecule has 0 saturated carbocycles. The molecule has 1 amide bonds. The number of benzene rings is 1. The number of nitrogens with zero attached hydrogens (tertiary/aromatic N) is 2. The fraction of sp³-hybridized carbons (Fsp3) is 0.267. The van der Waals surface area contributed by atoms with Crippen LogP contribution in [0.25, 0.3) is 0 Å². The zero-order valence-corrected chi connectivity index (χ0v) is 14.9. The molecular weight excluding hydrogens is 373 g/mol. The summed E-state index contributed by atoms with van der Waals surface area (Å²) in [6.07, 6.45) is 0. The maximum Gasteiger partial charge on any atom is 0.355 e. The molecule has 24 heavy (non-hydrogen) atoms. The monoisotopic (exact) mass is 385 g/mol. The highest BCUT2D eigenvalue weighted by Crippen LogP contribution is 2.46. The third-order valence-electron chi connectivity index (χ3n) is 3.56. The number of amides is 1. The Kier molecular flexibility index (Phi) is 4.76. The average molecular weight is 386 g/mol. The standard InChI is InChI=1S/C15H13Cl2N3O3S/c1-2-23-15(22)11-9-10(13(18)24-12(9)17)14(21)20(19-11)8-5-3-7(16)4-6-8/h3-6,9,12H,2,18H2,1H3. The molecule has 2 aliphatic rings. The highest BCUT2D eigenvalue weighted by molar-refractivity contribution is 8.05. The number of ether oxygens (including phenoxy) is 1. The average Bonchev–Trinajstić information content (AvgIpc) is 2.84. The summed E-state index contributed by atoms with van der Waals surface area (Å²) in [5.74, 6) is -1.72. The third-order valence-corrected chi connectivity index (χ3v) is 5.30. The van der Waals surface area contributed by atoms with Crippen molar-refractivity contribution in [2.75, 3.05) is 11.6 Å². The summed E-state index contributed by atoms with van der Waals surface area (Å²) in [6, 6.07) is 6.51. The predicted octanol–water partition coefficient (Wildman–Crippen LogP) is 2.70. The van der Waals surface area contributed by atoms with E-state index in [9.17, 15) is 9.59 Å². The highest BCUT2D eigenvalue weighted by atomic mass is 35.5. The Hall–Kier alpha value is -1.70. The van der Waals surface area contributed by atoms with E-state index in [4.69, 9.17) is 33.7 Å². The van der Waals surface area contributed by atoms with Crippen LogP contribution in [0.3, 0.4) is 0 Å². The van der Waals surface area contributed by atoms with Crippen LogP contribution in [0.2, 0.25) is 5.02 Å². The van der Waals surface area contributed by atoms with Gasteiger partial charge >= 0.3 is 5.97 Å². The largest absolute Gasteiger partial charge is 0.461 e. The van der Waals surface area contributed by atoms with E-state index in [2.05, 4.69) is 5.10 Å². The topological polar surface area (TPSA) is 85.0 Å². The summed E-state index contributed by atoms with van der Waals surface area (Å²) in [7, 11) is 0. The van der Waals surface area contributed by atoms with Gasteiger partial charge in [0, 0.05) is 5.02 Å². The fourth-order valence-corrected chi connectivity index (χ4v) is 4.14. The van der Waals surface area contributed by atoms with Gasteiger partial charge in [0.1, 0.15) is 0 Å². The molecular formula is C15H13Cl2N3O3S. The van der Waals surface area contributed by atoms with Crippen LogP contribution < -0.4 is 10.7 Å². The fourth-order valence-electron chi connectivity index (χ4n) is 2.50. The van der Waals surface area contributed by atoms with Crippen LogP contribution in [0.15, 0.2) is 40.0 Å². The van der Waals surface area contributed by atoms with Gasteiger partial charge in [-0.1, -0.05) is 23.4 Å². The number of nitrogens with two attached hydrogens (primary N) is 1. The molecule has 2 unspecified atom stereocenters. The van der Waals surface area contributed by atoms with Crippen molar-refractivity contribution >= 4 is 58.2 Å². The first kappa shape index (κ1) is 17.1. The number of fused-ring (bicyclic) bond motifs is 1. The number of thioether (sulfide) groups is 1. The van der Waals surface area contributed by atoms with E-state index >= 15 is 0 Å². The third kappa shape index (κ3) is 2.87. The number of anilines is 1. The molecule has 0 saturated heterocycles. The smallest absolute Gasteiger partial charge is 0.355 e. The van der Waals surface area contributed by atoms with Gasteiger partial charge < -0.3 is 10.5 Å². The van der Waals surface area contributed by atoms with Crippen molar-refractivity contribution in [1.82, 2.24) is 0 Å². The maximum atomic E-state index is 12.8. The van der Waals surface area contributed by atoms with E-state index in [1.165, 1.54) is 0 Å². The molecule has 0 bridgehead atoms. The van der Waals surface area contributed by atoms with Gasteiger partial charge in [0.15, 0.2) is 5.71 Å². The Bertz CT molecular complexity index is 764. The van der Waals surface area contributed by atoms with Crippen LogP contribution >= 0.6 is 35.0 Å². The van der Waals surface area contributed by atoms with Crippen molar-refractivity contribution in [1.29, 1.82) is 0 Å². The molecule has 2 N–H and O–H groups in total. The summed E-state index contributed by atoms with van der Waals surface area (Å²) in [4.78, 5) is 25.1. The zero-order valence-electron chi connectivity index (χ0n) is 12.5. The molecule has 1 aromatic rings. The molecule has 2 atom stereocenters. The SMILES string of the molecule is CCOC(=O)C1=NN(c2ccc(Cl)cc2)C(=O)C2=C(N)SC(Cl)C12. The number of hydrogen-bond acceptors (Lipinski definition) is 6. The molecule has 0 aliphatic carbocycles. The van der Waals surface area contributed by atoms with E-state index < -0.39 is 22.5 Å². The maximum absolute atomic E-state index is 12.8. The molecule has 0 aromatic heterocycles. The van der Waals surface area contributed by atoms with E-state index in [0.717, 1.165) is 16.8 Å². The van der Waals surface area contributed by atoms with Crippen molar-refractivity contribution in [3.63, 3.8) is 0 Å². The van der Waals surface area contributed by atoms with Crippen LogP contribution in [0, 0.1) is 5.92 Å². The Morgan fingerprint density at radius 1 is 1.42 bits per heavy atom. The number of rotatable bonds is 3. The van der Waals surface area contributed by atoms with Crippen LogP contribution in [0.4, 0.5) is 5.69 Å². The number of hydrazone groups is 1. The molecule has 126 valence electrons. The van der Waals surface area contributed by atoms with E-state index in [1.54, 1.807) is 31.2 Å². The Labute approximate surface area is 152 Å². The minimum absolute atomic E-state index is 0.0642. The van der Waals surface area contributed by atoms with Crippen molar-refractivity contribution in [2.24, 2.45) is 16.8 Å². The lowest BCUT2D eigenvalue weighted by atomic mass is 9.93. The van der Waals surface area contributed by atoms with Gasteiger partial charge in [-0.25, -0.2) is 4.79 Å². The molecule has 2 aliphatic heterocycles. The van der Waals surface area contributed by atoms with Gasteiger partial charge in [0.05, 0.1) is 33.5 Å². The van der Waals surface area contributed by atoms with Gasteiger partial charge in [-0.3, -0.25) is 4.79 Å². The molecule has 9 heteroatoms. The van der Waals surface area contributed by atoms with Crippen molar-refractivity contribution < 1.29 is 14.3 Å². The van der Waals surface area contributed by atoms with Crippen LogP contribution in [0.1, 0.15) is 6.92 Å². The summed E-state index contributed by atoms with van der Waals surface area (Å²) in [6.45, 7) is 1.88. The predicted molar refractivity (Wildman–Crippen MR) is 94.9 cm³/mol. The van der Waals surface area contributed by atoms with E-state index in [-0.39, 0.29) is 17.9 Å². The lowest BCUT2D eigenvalue weighted by molar-refractivity contribution is -0.135. The lowest BCUT2D eigenvalue weighted by Crippen LogP contribution is -2.44. The summed E-state index contributed by atoms with van der Waals surface area (Å²) >= 11 is 13.3. The molecule has 0 radical (unpaired) electrons. The minimum Gasteiger partial charge on any atom is -0.461 e. The van der Waals surface area contributed by atoms with Crippen LogP contribution in [-0.2, 0) is 14.3 Å². The van der Waals surface area contributed by atoms with Crippen molar-refractivity contribution in [3.05, 3.63) is 39.9 Å². The van der Waals surface area contributed by atoms with Gasteiger partial charge in [-0.05, 0) is 31.2 Å². The Morgan fingerprint density at radius 3 is 2.71 bits per heavy atom. The number of alkyl halides is 1. The van der Waals surface area contributed by atoms with Gasteiger partial charge in [0.25, 0.3) is 5.91 Å².